The minimum atomic E-state index is -3.31. The first kappa shape index (κ1) is 27.2. The average molecular weight is 576 g/mol. The van der Waals surface area contributed by atoms with E-state index in [1.807, 2.05) is 48.7 Å². The molecule has 2 aromatic heterocycles. The van der Waals surface area contributed by atoms with E-state index in [1.54, 1.807) is 21.8 Å². The number of nitrogens with zero attached hydrogens (tertiary/aromatic N) is 6. The molecule has 41 heavy (non-hydrogen) atoms. The fourth-order valence-corrected chi connectivity index (χ4v) is 5.96. The lowest BCUT2D eigenvalue weighted by Crippen LogP contribution is -2.50. The molecule has 2 fully saturated rings. The first-order valence-electron chi connectivity index (χ1n) is 13.5. The molecule has 1 aliphatic carbocycles. The van der Waals surface area contributed by atoms with Crippen LogP contribution in [0.1, 0.15) is 34.1 Å². The molecule has 2 aromatic carbocycles. The van der Waals surface area contributed by atoms with Crippen LogP contribution in [-0.4, -0.2) is 81.8 Å². The molecule has 0 bridgehead atoms. The Morgan fingerprint density at radius 1 is 1.02 bits per heavy atom. The second-order valence-electron chi connectivity index (χ2n) is 10.4. The van der Waals surface area contributed by atoms with Crippen LogP contribution >= 0.6 is 0 Å². The minimum Gasteiger partial charge on any atom is -0.335 e. The highest BCUT2D eigenvalue weighted by atomic mass is 32.2. The number of carbonyl (C=O) groups excluding carboxylic acids is 1. The summed E-state index contributed by atoms with van der Waals surface area (Å²) in [6.07, 6.45) is 5.68. The number of nitrogens with one attached hydrogen (secondary N) is 1. The van der Waals surface area contributed by atoms with Crippen LogP contribution in [0.5, 0.6) is 0 Å². The van der Waals surface area contributed by atoms with Gasteiger partial charge < -0.3 is 10.2 Å². The zero-order chi connectivity index (χ0) is 28.6. The Labute approximate surface area is 237 Å². The minimum absolute atomic E-state index is 0.232. The Balaban J connectivity index is 1.22. The van der Waals surface area contributed by atoms with Crippen LogP contribution in [0, 0.1) is 5.82 Å². The lowest BCUT2D eigenvalue weighted by Gasteiger charge is -2.33. The summed E-state index contributed by atoms with van der Waals surface area (Å²) in [6.45, 7) is 1.51. The maximum absolute atomic E-state index is 13.5. The maximum Gasteiger partial charge on any atom is 0.272 e. The number of carbonyl (C=O) groups is 1. The van der Waals surface area contributed by atoms with Gasteiger partial charge in [-0.25, -0.2) is 27.5 Å². The van der Waals surface area contributed by atoms with Gasteiger partial charge in [-0.3, -0.25) is 4.79 Å². The van der Waals surface area contributed by atoms with E-state index >= 15 is 0 Å². The molecule has 12 heteroatoms. The molecule has 10 nitrogen and oxygen atoms in total. The number of benzene rings is 2. The largest absolute Gasteiger partial charge is 0.335 e. The molecule has 6 rings (SSSR count). The summed E-state index contributed by atoms with van der Waals surface area (Å²) in [5, 5.41) is 7.78. The van der Waals surface area contributed by atoms with E-state index in [4.69, 9.17) is 4.98 Å². The van der Waals surface area contributed by atoms with Crippen molar-refractivity contribution >= 4 is 15.9 Å². The Bertz CT molecular complexity index is 1640. The van der Waals surface area contributed by atoms with E-state index in [1.165, 1.54) is 22.7 Å². The van der Waals surface area contributed by atoms with Crippen molar-refractivity contribution in [1.29, 1.82) is 0 Å². The number of piperazine rings is 1. The fourth-order valence-electron chi connectivity index (χ4n) is 5.13. The van der Waals surface area contributed by atoms with Crippen LogP contribution in [0.2, 0.25) is 0 Å². The van der Waals surface area contributed by atoms with Crippen LogP contribution in [0.4, 0.5) is 4.39 Å². The normalized spacial score (nSPS) is 19.3. The van der Waals surface area contributed by atoms with Gasteiger partial charge in [-0.05, 0) is 60.5 Å². The van der Waals surface area contributed by atoms with Crippen molar-refractivity contribution < 1.29 is 17.6 Å². The Kier molecular flexibility index (Phi) is 7.37. The second kappa shape index (κ2) is 11.1. The molecule has 3 heterocycles. The molecule has 1 amide bonds. The van der Waals surface area contributed by atoms with E-state index < -0.39 is 10.0 Å². The van der Waals surface area contributed by atoms with Crippen LogP contribution in [0.25, 0.3) is 17.1 Å². The number of hydrogen-bond donors (Lipinski definition) is 1. The van der Waals surface area contributed by atoms with Gasteiger partial charge in [-0.2, -0.15) is 9.40 Å². The molecule has 1 aliphatic heterocycles. The lowest BCUT2D eigenvalue weighted by molar-refractivity contribution is 0.0692. The van der Waals surface area contributed by atoms with Gasteiger partial charge in [-0.15, -0.1) is 0 Å². The zero-order valence-corrected chi connectivity index (χ0v) is 23.3. The van der Waals surface area contributed by atoms with E-state index in [0.29, 0.717) is 37.1 Å². The van der Waals surface area contributed by atoms with Gasteiger partial charge in [-0.1, -0.05) is 12.1 Å². The summed E-state index contributed by atoms with van der Waals surface area (Å²) in [4.78, 5) is 24.6. The molecule has 1 saturated carbocycles. The lowest BCUT2D eigenvalue weighted by atomic mass is 10.1. The van der Waals surface area contributed by atoms with Crippen molar-refractivity contribution in [1.82, 2.24) is 34.3 Å². The Morgan fingerprint density at radius 2 is 1.76 bits per heavy atom. The molecule has 1 saturated heterocycles. The van der Waals surface area contributed by atoms with Crippen LogP contribution in [0.15, 0.2) is 73.1 Å². The summed E-state index contributed by atoms with van der Waals surface area (Å²) >= 11 is 0. The Morgan fingerprint density at radius 3 is 2.41 bits per heavy atom. The third-order valence-electron chi connectivity index (χ3n) is 7.52. The van der Waals surface area contributed by atoms with Crippen LogP contribution in [0.3, 0.4) is 0 Å². The van der Waals surface area contributed by atoms with E-state index in [2.05, 4.69) is 15.4 Å². The molecular formula is C29H30FN7O3S. The van der Waals surface area contributed by atoms with Gasteiger partial charge in [0.2, 0.25) is 10.0 Å². The van der Waals surface area contributed by atoms with E-state index in [9.17, 15) is 17.6 Å². The zero-order valence-electron chi connectivity index (χ0n) is 22.5. The van der Waals surface area contributed by atoms with E-state index in [0.717, 1.165) is 23.2 Å². The number of hydrogen-bond acceptors (Lipinski definition) is 7. The number of halogens is 1. The summed E-state index contributed by atoms with van der Waals surface area (Å²) in [5.74, 6) is 0.228. The fraction of sp³-hybridized carbons (Fsp3) is 0.310. The summed E-state index contributed by atoms with van der Waals surface area (Å²) in [6, 6.07) is 18.0. The van der Waals surface area contributed by atoms with Gasteiger partial charge in [0.05, 0.1) is 17.6 Å². The first-order valence-corrected chi connectivity index (χ1v) is 15.3. The highest BCUT2D eigenvalue weighted by molar-refractivity contribution is 7.88. The van der Waals surface area contributed by atoms with Crippen molar-refractivity contribution in [2.24, 2.45) is 0 Å². The van der Waals surface area contributed by atoms with E-state index in [-0.39, 0.29) is 36.5 Å². The third-order valence-corrected chi connectivity index (χ3v) is 8.82. The Hall–Kier alpha value is -4.00. The smallest absolute Gasteiger partial charge is 0.272 e. The van der Waals surface area contributed by atoms with Crippen LogP contribution < -0.4 is 5.32 Å². The molecule has 0 spiro atoms. The molecule has 4 aromatic rings. The number of amides is 1. The quantitative estimate of drug-likeness (QED) is 0.344. The summed E-state index contributed by atoms with van der Waals surface area (Å²) < 4.78 is 40.3. The van der Waals surface area contributed by atoms with Gasteiger partial charge in [0, 0.05) is 62.6 Å². The SMILES string of the molecule is CS(=O)(=O)N1CCN(C(=O)c2cc(CNC3C[C@H]3c3ccc(F)cc3)nc(-c3ccc(-n4cccn4)cc3)n2)CC1. The van der Waals surface area contributed by atoms with Gasteiger partial charge >= 0.3 is 0 Å². The maximum atomic E-state index is 13.5. The number of aromatic nitrogens is 4. The number of sulfonamides is 1. The predicted octanol–water partition coefficient (Wildman–Crippen LogP) is 2.83. The second-order valence-corrected chi connectivity index (χ2v) is 12.4. The first-order chi connectivity index (χ1) is 19.7. The topological polar surface area (TPSA) is 113 Å². The molecule has 1 N–H and O–H groups in total. The molecule has 2 atom stereocenters. The number of rotatable bonds is 8. The monoisotopic (exact) mass is 575 g/mol. The molecule has 2 aliphatic rings. The molecule has 0 radical (unpaired) electrons. The predicted molar refractivity (Wildman–Crippen MR) is 151 cm³/mol. The van der Waals surface area contributed by atoms with Gasteiger partial charge in [0.25, 0.3) is 5.91 Å². The average Bonchev–Trinajstić information content (AvgIpc) is 3.55. The molecule has 1 unspecified atom stereocenters. The summed E-state index contributed by atoms with van der Waals surface area (Å²) in [7, 11) is -3.31. The van der Waals surface area contributed by atoms with Crippen molar-refractivity contribution in [3.05, 3.63) is 95.8 Å². The van der Waals surface area contributed by atoms with Gasteiger partial charge in [0.15, 0.2) is 5.82 Å². The third kappa shape index (κ3) is 6.19. The van der Waals surface area contributed by atoms with Gasteiger partial charge in [0.1, 0.15) is 11.5 Å². The van der Waals surface area contributed by atoms with Crippen LogP contribution in [-0.2, 0) is 16.6 Å². The van der Waals surface area contributed by atoms with Crippen molar-refractivity contribution in [2.45, 2.75) is 24.9 Å². The van der Waals surface area contributed by atoms with Crippen molar-refractivity contribution in [3.8, 4) is 17.1 Å². The van der Waals surface area contributed by atoms with Crippen molar-refractivity contribution in [2.75, 3.05) is 32.4 Å². The van der Waals surface area contributed by atoms with Crippen molar-refractivity contribution in [3.63, 3.8) is 0 Å². The highest BCUT2D eigenvalue weighted by Crippen LogP contribution is 2.40. The molecule has 212 valence electrons. The molecular weight excluding hydrogens is 545 g/mol. The highest BCUT2D eigenvalue weighted by Gasteiger charge is 2.38. The standard InChI is InChI=1S/C29H30FN7O3S/c1-41(39,40)36-15-13-35(14-16-36)29(38)27-17-23(19-31-26-18-25(26)20-3-7-22(30)8-4-20)33-28(34-27)21-5-9-24(10-6-21)37-12-2-11-32-37/h2-12,17,25-26,31H,13-16,18-19H2,1H3/t25-,26?/m0/s1. The summed E-state index contributed by atoms with van der Waals surface area (Å²) in [5.41, 5.74) is 3.68.